The third-order valence-corrected chi connectivity index (χ3v) is 5.69. The molecule has 1 aliphatic heterocycles. The average Bonchev–Trinajstić information content (AvgIpc) is 2.62. The van der Waals surface area contributed by atoms with Crippen molar-refractivity contribution in [2.45, 2.75) is 44.6 Å². The second kappa shape index (κ2) is 6.31. The van der Waals surface area contributed by atoms with Crippen molar-refractivity contribution >= 4 is 17.8 Å². The van der Waals surface area contributed by atoms with Gasteiger partial charge in [0.05, 0.1) is 0 Å². The van der Waals surface area contributed by atoms with Gasteiger partial charge in [-0.3, -0.25) is 4.79 Å². The number of carbonyl (C=O) groups is 1. The quantitative estimate of drug-likeness (QED) is 0.857. The monoisotopic (exact) mass is 320 g/mol. The molecular formula is C21H24N2O. The van der Waals surface area contributed by atoms with Crippen LogP contribution < -0.4 is 10.2 Å². The highest BCUT2D eigenvalue weighted by atomic mass is 16.1. The Bertz CT molecular complexity index is 755. The number of rotatable bonds is 3. The molecule has 0 bridgehead atoms. The van der Waals surface area contributed by atoms with Gasteiger partial charge in [-0.05, 0) is 61.4 Å². The Labute approximate surface area is 143 Å². The molecule has 24 heavy (non-hydrogen) atoms. The van der Waals surface area contributed by atoms with Crippen molar-refractivity contribution in [2.75, 3.05) is 16.8 Å². The highest BCUT2D eigenvalue weighted by Gasteiger charge is 2.38. The molecular weight excluding hydrogens is 296 g/mol. The number of carbonyl (C=O) groups excluding carboxylic acids is 1. The Morgan fingerprint density at radius 2 is 2.00 bits per heavy atom. The molecule has 0 unspecified atom stereocenters. The summed E-state index contributed by atoms with van der Waals surface area (Å²) in [5.41, 5.74) is 6.51. The molecule has 1 N–H and O–H groups in total. The van der Waals surface area contributed by atoms with E-state index in [1.54, 1.807) is 0 Å². The fourth-order valence-electron chi connectivity index (χ4n) is 4.70. The van der Waals surface area contributed by atoms with Crippen LogP contribution in [0.4, 0.5) is 11.4 Å². The van der Waals surface area contributed by atoms with Gasteiger partial charge in [-0.15, -0.1) is 0 Å². The zero-order chi connectivity index (χ0) is 16.5. The first-order chi connectivity index (χ1) is 11.8. The number of nitrogens with zero attached hydrogens (tertiary/aromatic N) is 1. The lowest BCUT2D eigenvalue weighted by molar-refractivity contribution is -0.105. The van der Waals surface area contributed by atoms with E-state index >= 15 is 0 Å². The van der Waals surface area contributed by atoms with E-state index in [-0.39, 0.29) is 0 Å². The molecule has 3 heteroatoms. The maximum absolute atomic E-state index is 11.0. The normalized spacial score (nSPS) is 22.5. The molecule has 1 heterocycles. The number of benzene rings is 2. The first kappa shape index (κ1) is 15.3. The van der Waals surface area contributed by atoms with Gasteiger partial charge in [-0.2, -0.15) is 0 Å². The molecule has 0 spiro atoms. The number of fused-ring (bicyclic) bond motifs is 3. The number of amides is 1. The number of hydrogen-bond donors (Lipinski definition) is 1. The second-order valence-corrected chi connectivity index (χ2v) is 6.98. The summed E-state index contributed by atoms with van der Waals surface area (Å²) in [6.45, 7) is 3.33. The molecule has 2 aromatic rings. The predicted molar refractivity (Wildman–Crippen MR) is 98.7 cm³/mol. The molecule has 2 aromatic carbocycles. The van der Waals surface area contributed by atoms with Gasteiger partial charge in [-0.1, -0.05) is 30.3 Å². The molecule has 0 aromatic heterocycles. The van der Waals surface area contributed by atoms with Crippen molar-refractivity contribution in [3.05, 3.63) is 59.2 Å². The third kappa shape index (κ3) is 2.48. The molecule has 3 nitrogen and oxygen atoms in total. The fourth-order valence-corrected chi connectivity index (χ4v) is 4.70. The number of aryl methyl sites for hydroxylation is 2. The zero-order valence-corrected chi connectivity index (χ0v) is 14.2. The molecule has 1 amide bonds. The summed E-state index contributed by atoms with van der Waals surface area (Å²) in [5.74, 6) is 0.505. The van der Waals surface area contributed by atoms with Gasteiger partial charge in [-0.25, -0.2) is 0 Å². The number of piperidine rings is 1. The lowest BCUT2D eigenvalue weighted by Gasteiger charge is -2.47. The standard InChI is InChI=1S/C21H24N2O/c1-15-6-2-3-10-19(15)23-13-5-8-17-20(23)12-11-16-7-4-9-18(21(16)17)22-14-24/h2-4,6-7,9-10,14,17,20H,5,8,11-13H2,1H3,(H,22,24)/t17-,20+/m1/s1. The lowest BCUT2D eigenvalue weighted by atomic mass is 9.73. The van der Waals surface area contributed by atoms with Crippen molar-refractivity contribution in [1.29, 1.82) is 0 Å². The molecule has 1 aliphatic carbocycles. The summed E-state index contributed by atoms with van der Waals surface area (Å²) >= 11 is 0. The molecule has 124 valence electrons. The second-order valence-electron chi connectivity index (χ2n) is 6.98. The minimum Gasteiger partial charge on any atom is -0.368 e. The van der Waals surface area contributed by atoms with Crippen LogP contribution in [0, 0.1) is 6.92 Å². The third-order valence-electron chi connectivity index (χ3n) is 5.69. The highest BCUT2D eigenvalue weighted by molar-refractivity contribution is 5.75. The maximum atomic E-state index is 11.0. The predicted octanol–water partition coefficient (Wildman–Crippen LogP) is 4.26. The lowest BCUT2D eigenvalue weighted by Crippen LogP contribution is -2.47. The molecule has 1 saturated heterocycles. The van der Waals surface area contributed by atoms with E-state index in [4.69, 9.17) is 0 Å². The van der Waals surface area contributed by atoms with Crippen LogP contribution in [0.2, 0.25) is 0 Å². The molecule has 2 aliphatic rings. The zero-order valence-electron chi connectivity index (χ0n) is 14.2. The van der Waals surface area contributed by atoms with E-state index < -0.39 is 0 Å². The Morgan fingerprint density at radius 3 is 2.83 bits per heavy atom. The van der Waals surface area contributed by atoms with E-state index in [0.29, 0.717) is 12.0 Å². The van der Waals surface area contributed by atoms with Gasteiger partial charge in [0.15, 0.2) is 0 Å². The largest absolute Gasteiger partial charge is 0.368 e. The summed E-state index contributed by atoms with van der Waals surface area (Å²) in [6, 6.07) is 15.6. The van der Waals surface area contributed by atoms with Crippen molar-refractivity contribution in [3.8, 4) is 0 Å². The van der Waals surface area contributed by atoms with E-state index in [1.165, 1.54) is 41.6 Å². The van der Waals surface area contributed by atoms with Crippen LogP contribution >= 0.6 is 0 Å². The van der Waals surface area contributed by atoms with E-state index in [0.717, 1.165) is 25.1 Å². The minimum absolute atomic E-state index is 0.505. The van der Waals surface area contributed by atoms with Crippen LogP contribution in [0.5, 0.6) is 0 Å². The Balaban J connectivity index is 1.75. The van der Waals surface area contributed by atoms with Crippen LogP contribution in [0.3, 0.4) is 0 Å². The van der Waals surface area contributed by atoms with E-state index in [9.17, 15) is 4.79 Å². The summed E-state index contributed by atoms with van der Waals surface area (Å²) < 4.78 is 0. The van der Waals surface area contributed by atoms with Gasteiger partial charge >= 0.3 is 0 Å². The van der Waals surface area contributed by atoms with E-state index in [2.05, 4.69) is 53.5 Å². The number of para-hydroxylation sites is 1. The highest BCUT2D eigenvalue weighted by Crippen LogP contribution is 2.45. The number of nitrogens with one attached hydrogen (secondary N) is 1. The van der Waals surface area contributed by atoms with Crippen molar-refractivity contribution < 1.29 is 4.79 Å². The molecule has 0 saturated carbocycles. The van der Waals surface area contributed by atoms with Gasteiger partial charge in [0, 0.05) is 29.9 Å². The maximum Gasteiger partial charge on any atom is 0.211 e. The molecule has 2 atom stereocenters. The molecule has 1 fully saturated rings. The van der Waals surface area contributed by atoms with Crippen molar-refractivity contribution in [3.63, 3.8) is 0 Å². The summed E-state index contributed by atoms with van der Waals surface area (Å²) in [6.07, 6.45) is 5.49. The van der Waals surface area contributed by atoms with Crippen LogP contribution in [-0.2, 0) is 11.2 Å². The average molecular weight is 320 g/mol. The summed E-state index contributed by atoms with van der Waals surface area (Å²) in [4.78, 5) is 13.6. The van der Waals surface area contributed by atoms with E-state index in [1.807, 2.05) is 6.07 Å². The van der Waals surface area contributed by atoms with Crippen LogP contribution in [-0.4, -0.2) is 19.0 Å². The molecule has 0 radical (unpaired) electrons. The van der Waals surface area contributed by atoms with Gasteiger partial charge in [0.25, 0.3) is 0 Å². The smallest absolute Gasteiger partial charge is 0.211 e. The summed E-state index contributed by atoms with van der Waals surface area (Å²) in [7, 11) is 0. The van der Waals surface area contributed by atoms with Crippen molar-refractivity contribution in [1.82, 2.24) is 0 Å². The first-order valence-electron chi connectivity index (χ1n) is 8.94. The summed E-state index contributed by atoms with van der Waals surface area (Å²) in [5, 5.41) is 2.94. The van der Waals surface area contributed by atoms with Gasteiger partial charge in [0.1, 0.15) is 0 Å². The minimum atomic E-state index is 0.505. The first-order valence-corrected chi connectivity index (χ1v) is 8.94. The Hall–Kier alpha value is -2.29. The van der Waals surface area contributed by atoms with Crippen LogP contribution in [0.25, 0.3) is 0 Å². The van der Waals surface area contributed by atoms with Crippen molar-refractivity contribution in [2.24, 2.45) is 0 Å². The van der Waals surface area contributed by atoms with Gasteiger partial charge < -0.3 is 10.2 Å². The SMILES string of the molecule is Cc1ccccc1N1CCC[C@H]2c3c(cccc3NC=O)CC[C@@H]21. The Morgan fingerprint density at radius 1 is 1.12 bits per heavy atom. The number of hydrogen-bond acceptors (Lipinski definition) is 2. The number of anilines is 2. The van der Waals surface area contributed by atoms with Crippen LogP contribution in [0.15, 0.2) is 42.5 Å². The van der Waals surface area contributed by atoms with Gasteiger partial charge in [0.2, 0.25) is 6.41 Å². The molecule has 4 rings (SSSR count). The topological polar surface area (TPSA) is 32.3 Å². The fraction of sp³-hybridized carbons (Fsp3) is 0.381. The van der Waals surface area contributed by atoms with Crippen LogP contribution in [0.1, 0.15) is 41.9 Å². The Kier molecular flexibility index (Phi) is 4.01.